The van der Waals surface area contributed by atoms with Gasteiger partial charge in [0.1, 0.15) is 6.54 Å². The molecule has 0 spiro atoms. The zero-order valence-electron chi connectivity index (χ0n) is 11.7. The van der Waals surface area contributed by atoms with Gasteiger partial charge in [0, 0.05) is 12.6 Å². The van der Waals surface area contributed by atoms with Gasteiger partial charge in [-0.05, 0) is 18.3 Å². The van der Waals surface area contributed by atoms with Crippen molar-refractivity contribution in [1.82, 2.24) is 10.5 Å². The first kappa shape index (κ1) is 14.5. The van der Waals surface area contributed by atoms with Crippen LogP contribution in [0.4, 0.5) is 0 Å². The highest BCUT2D eigenvalue weighted by Gasteiger charge is 2.06. The van der Waals surface area contributed by atoms with Crippen LogP contribution in [0.25, 0.3) is 0 Å². The minimum atomic E-state index is 0.369. The molecule has 0 aromatic carbocycles. The Kier molecular flexibility index (Phi) is 5.68. The lowest BCUT2D eigenvalue weighted by molar-refractivity contribution is 0.376. The molecule has 0 aliphatic rings. The first-order chi connectivity index (χ1) is 8.49. The molecule has 0 bridgehead atoms. The van der Waals surface area contributed by atoms with Crippen LogP contribution in [0.5, 0.6) is 0 Å². The number of nitrogens with two attached hydrogens (primary N) is 1. The number of nitrogens with zero attached hydrogens (tertiary/aromatic N) is 2. The summed E-state index contributed by atoms with van der Waals surface area (Å²) in [6.07, 6.45) is 1.08. The predicted molar refractivity (Wildman–Crippen MR) is 73.4 cm³/mol. The molecule has 0 saturated carbocycles. The smallest absolute Gasteiger partial charge is 0.189 e. The topological polar surface area (TPSA) is 76.4 Å². The molecule has 0 aliphatic carbocycles. The molecular weight excluding hydrogens is 228 g/mol. The Morgan fingerprint density at radius 3 is 2.72 bits per heavy atom. The summed E-state index contributed by atoms with van der Waals surface area (Å²) >= 11 is 0. The van der Waals surface area contributed by atoms with Gasteiger partial charge in [0.15, 0.2) is 11.7 Å². The molecule has 18 heavy (non-hydrogen) atoms. The van der Waals surface area contributed by atoms with Gasteiger partial charge in [-0.25, -0.2) is 4.99 Å². The molecular formula is C13H24N4O. The summed E-state index contributed by atoms with van der Waals surface area (Å²) in [7, 11) is 0. The maximum absolute atomic E-state index is 5.75. The van der Waals surface area contributed by atoms with Crippen LogP contribution in [0.1, 0.15) is 51.5 Å². The van der Waals surface area contributed by atoms with Crippen LogP contribution in [0, 0.1) is 5.92 Å². The molecule has 1 aromatic heterocycles. The van der Waals surface area contributed by atoms with Crippen molar-refractivity contribution in [1.29, 1.82) is 0 Å². The molecule has 1 aromatic rings. The Labute approximate surface area is 109 Å². The van der Waals surface area contributed by atoms with Crippen LogP contribution in [0.15, 0.2) is 15.6 Å². The Hall–Kier alpha value is -1.52. The molecule has 0 amide bonds. The van der Waals surface area contributed by atoms with Gasteiger partial charge in [-0.15, -0.1) is 0 Å². The normalized spacial score (nSPS) is 12.4. The Balaban J connectivity index is 2.37. The average Bonchev–Trinajstić information content (AvgIpc) is 2.74. The summed E-state index contributed by atoms with van der Waals surface area (Å²) in [6.45, 7) is 9.79. The molecule has 0 aliphatic heterocycles. The van der Waals surface area contributed by atoms with E-state index in [1.165, 1.54) is 0 Å². The lowest BCUT2D eigenvalue weighted by atomic mass is 10.1. The van der Waals surface area contributed by atoms with E-state index in [9.17, 15) is 0 Å². The summed E-state index contributed by atoms with van der Waals surface area (Å²) in [4.78, 5) is 4.21. The van der Waals surface area contributed by atoms with Crippen molar-refractivity contribution in [3.8, 4) is 0 Å². The SMILES string of the molecule is CC(C)CCNC(N)=NCc1cc(C(C)C)no1. The highest BCUT2D eigenvalue weighted by atomic mass is 16.5. The van der Waals surface area contributed by atoms with Gasteiger partial charge in [-0.1, -0.05) is 32.9 Å². The zero-order chi connectivity index (χ0) is 13.5. The highest BCUT2D eigenvalue weighted by Crippen LogP contribution is 2.14. The third kappa shape index (κ3) is 5.21. The van der Waals surface area contributed by atoms with E-state index in [0.29, 0.717) is 24.3 Å². The van der Waals surface area contributed by atoms with Gasteiger partial charge < -0.3 is 15.6 Å². The second kappa shape index (κ2) is 7.03. The second-order valence-electron chi connectivity index (χ2n) is 5.18. The van der Waals surface area contributed by atoms with E-state index in [4.69, 9.17) is 10.3 Å². The molecule has 0 radical (unpaired) electrons. The number of nitrogens with one attached hydrogen (secondary N) is 1. The van der Waals surface area contributed by atoms with E-state index in [1.54, 1.807) is 0 Å². The van der Waals surface area contributed by atoms with Crippen LogP contribution in [-0.2, 0) is 6.54 Å². The summed E-state index contributed by atoms with van der Waals surface area (Å²) < 4.78 is 5.18. The van der Waals surface area contributed by atoms with Crippen molar-refractivity contribution in [2.75, 3.05) is 6.54 Å². The molecule has 5 nitrogen and oxygen atoms in total. The fourth-order valence-corrected chi connectivity index (χ4v) is 1.38. The molecule has 0 unspecified atom stereocenters. The zero-order valence-corrected chi connectivity index (χ0v) is 11.7. The highest BCUT2D eigenvalue weighted by molar-refractivity contribution is 5.77. The molecule has 0 atom stereocenters. The molecule has 1 heterocycles. The number of hydrogen-bond acceptors (Lipinski definition) is 3. The van der Waals surface area contributed by atoms with Gasteiger partial charge in [-0.3, -0.25) is 0 Å². The van der Waals surface area contributed by atoms with Crippen molar-refractivity contribution < 1.29 is 4.52 Å². The van der Waals surface area contributed by atoms with Crippen LogP contribution in [0.3, 0.4) is 0 Å². The van der Waals surface area contributed by atoms with Gasteiger partial charge in [0.2, 0.25) is 0 Å². The standard InChI is InChI=1S/C13H24N4O/c1-9(2)5-6-15-13(14)16-8-11-7-12(10(3)4)17-18-11/h7,9-10H,5-6,8H2,1-4H3,(H3,14,15,16). The van der Waals surface area contributed by atoms with Crippen molar-refractivity contribution in [3.05, 3.63) is 17.5 Å². The third-order valence-corrected chi connectivity index (χ3v) is 2.60. The Morgan fingerprint density at radius 2 is 2.17 bits per heavy atom. The maximum Gasteiger partial charge on any atom is 0.189 e. The van der Waals surface area contributed by atoms with E-state index in [2.05, 4.69) is 43.2 Å². The van der Waals surface area contributed by atoms with Crippen LogP contribution < -0.4 is 11.1 Å². The minimum Gasteiger partial charge on any atom is -0.370 e. The molecule has 3 N–H and O–H groups in total. The van der Waals surface area contributed by atoms with Crippen molar-refractivity contribution in [3.63, 3.8) is 0 Å². The van der Waals surface area contributed by atoms with Crippen LogP contribution >= 0.6 is 0 Å². The lowest BCUT2D eigenvalue weighted by Gasteiger charge is -2.06. The molecule has 0 saturated heterocycles. The summed E-state index contributed by atoms with van der Waals surface area (Å²) in [5.41, 5.74) is 6.70. The maximum atomic E-state index is 5.75. The summed E-state index contributed by atoms with van der Waals surface area (Å²) in [5, 5.41) is 7.05. The molecule has 1 rings (SSSR count). The van der Waals surface area contributed by atoms with Gasteiger partial charge in [-0.2, -0.15) is 0 Å². The van der Waals surface area contributed by atoms with Crippen LogP contribution in [-0.4, -0.2) is 17.7 Å². The largest absolute Gasteiger partial charge is 0.370 e. The summed E-state index contributed by atoms with van der Waals surface area (Å²) in [6, 6.07) is 1.93. The number of aliphatic imine (C=N–C) groups is 1. The van der Waals surface area contributed by atoms with Gasteiger partial charge in [0.25, 0.3) is 0 Å². The Morgan fingerprint density at radius 1 is 1.44 bits per heavy atom. The minimum absolute atomic E-state index is 0.369. The quantitative estimate of drug-likeness (QED) is 0.601. The van der Waals surface area contributed by atoms with Crippen LogP contribution in [0.2, 0.25) is 0 Å². The van der Waals surface area contributed by atoms with Gasteiger partial charge in [0.05, 0.1) is 5.69 Å². The van der Waals surface area contributed by atoms with E-state index in [1.807, 2.05) is 6.07 Å². The van der Waals surface area contributed by atoms with Crippen molar-refractivity contribution in [2.24, 2.45) is 16.6 Å². The number of guanidine groups is 1. The van der Waals surface area contributed by atoms with E-state index < -0.39 is 0 Å². The number of rotatable bonds is 6. The number of aromatic nitrogens is 1. The van der Waals surface area contributed by atoms with E-state index in [0.717, 1.165) is 24.4 Å². The van der Waals surface area contributed by atoms with E-state index >= 15 is 0 Å². The first-order valence-corrected chi connectivity index (χ1v) is 6.48. The first-order valence-electron chi connectivity index (χ1n) is 6.48. The third-order valence-electron chi connectivity index (χ3n) is 2.60. The monoisotopic (exact) mass is 252 g/mol. The molecule has 102 valence electrons. The fraction of sp³-hybridized carbons (Fsp3) is 0.692. The fourth-order valence-electron chi connectivity index (χ4n) is 1.38. The average molecular weight is 252 g/mol. The van der Waals surface area contributed by atoms with Crippen molar-refractivity contribution in [2.45, 2.75) is 46.6 Å². The van der Waals surface area contributed by atoms with E-state index in [-0.39, 0.29) is 0 Å². The summed E-state index contributed by atoms with van der Waals surface area (Å²) in [5.74, 6) is 2.23. The molecule has 0 fully saturated rings. The predicted octanol–water partition coefficient (Wildman–Crippen LogP) is 2.25. The Bertz CT molecular complexity index is 382. The number of hydrogen-bond donors (Lipinski definition) is 2. The van der Waals surface area contributed by atoms with Gasteiger partial charge >= 0.3 is 0 Å². The van der Waals surface area contributed by atoms with Crippen molar-refractivity contribution >= 4 is 5.96 Å². The molecule has 5 heteroatoms. The second-order valence-corrected chi connectivity index (χ2v) is 5.18. The lowest BCUT2D eigenvalue weighted by Crippen LogP contribution is -2.32.